The second kappa shape index (κ2) is 12.4. The number of dihydropyridines is 1. The van der Waals surface area contributed by atoms with Crippen LogP contribution in [0.3, 0.4) is 0 Å². The Morgan fingerprint density at radius 1 is 1.00 bits per heavy atom. The predicted octanol–water partition coefficient (Wildman–Crippen LogP) is 5.97. The van der Waals surface area contributed by atoms with Crippen LogP contribution in [0, 0.1) is 40.9 Å². The Morgan fingerprint density at radius 3 is 2.66 bits per heavy atom. The average molecular weight is 714 g/mol. The molecule has 2 fully saturated rings. The molecule has 0 radical (unpaired) electrons. The minimum absolute atomic E-state index is 0.00758. The van der Waals surface area contributed by atoms with E-state index in [2.05, 4.69) is 42.7 Å². The summed E-state index contributed by atoms with van der Waals surface area (Å²) in [6.45, 7) is 5.12. The lowest BCUT2D eigenvalue weighted by molar-refractivity contribution is -0.138. The molecular weight excluding hydrogens is 671 g/mol. The third-order valence-corrected chi connectivity index (χ3v) is 15.0. The molecule has 5 aliphatic heterocycles. The smallest absolute Gasteiger partial charge is 0.340 e. The molecule has 9 nitrogen and oxygen atoms in total. The van der Waals surface area contributed by atoms with Gasteiger partial charge in [0.25, 0.3) is 11.8 Å². The van der Waals surface area contributed by atoms with Crippen LogP contribution < -0.4 is 10.6 Å². The second-order valence-corrected chi connectivity index (χ2v) is 17.8. The number of nitrogens with one attached hydrogen (secondary N) is 2. The lowest BCUT2D eigenvalue weighted by atomic mass is 9.42. The zero-order chi connectivity index (χ0) is 34.3. The first-order valence-corrected chi connectivity index (χ1v) is 20.8. The minimum atomic E-state index is -0.803. The highest BCUT2D eigenvalue weighted by atomic mass is 33.1. The third-order valence-electron chi connectivity index (χ3n) is 12.6. The van der Waals surface area contributed by atoms with Crippen LogP contribution in [-0.2, 0) is 28.7 Å². The number of esters is 2. The maximum atomic E-state index is 14.6. The number of allylic oxidation sites excluding steroid dienone is 5. The van der Waals surface area contributed by atoms with Crippen molar-refractivity contribution in [3.05, 3.63) is 81.2 Å². The summed E-state index contributed by atoms with van der Waals surface area (Å²) in [7, 11) is 3.59. The van der Waals surface area contributed by atoms with Crippen molar-refractivity contribution >= 4 is 45.3 Å². The van der Waals surface area contributed by atoms with Crippen molar-refractivity contribution in [3.63, 3.8) is 0 Å². The fourth-order valence-electron chi connectivity index (χ4n) is 10.7. The van der Waals surface area contributed by atoms with Crippen LogP contribution >= 0.6 is 21.6 Å². The highest BCUT2D eigenvalue weighted by Crippen LogP contribution is 2.72. The molecule has 5 aliphatic carbocycles. The number of carbonyl (C=O) groups is 4. The van der Waals surface area contributed by atoms with Gasteiger partial charge in [-0.25, -0.2) is 9.59 Å². The van der Waals surface area contributed by atoms with Crippen LogP contribution in [-0.4, -0.2) is 53.4 Å². The van der Waals surface area contributed by atoms with E-state index < -0.39 is 11.3 Å². The summed E-state index contributed by atoms with van der Waals surface area (Å²) in [5.41, 5.74) is 4.97. The van der Waals surface area contributed by atoms with Crippen molar-refractivity contribution in [3.8, 4) is 0 Å². The molecule has 7 unspecified atom stereocenters. The van der Waals surface area contributed by atoms with E-state index in [4.69, 9.17) is 9.47 Å². The van der Waals surface area contributed by atoms with Crippen LogP contribution in [0.2, 0.25) is 0 Å². The quantitative estimate of drug-likeness (QED) is 0.205. The molecule has 2 N–H and O–H groups in total. The maximum absolute atomic E-state index is 14.6. The average Bonchev–Trinajstić information content (AvgIpc) is 3.74. The molecule has 5 heterocycles. The van der Waals surface area contributed by atoms with E-state index in [-0.39, 0.29) is 54.0 Å². The molecule has 1 spiro atoms. The van der Waals surface area contributed by atoms with E-state index >= 15 is 0 Å². The van der Waals surface area contributed by atoms with Crippen LogP contribution in [0.1, 0.15) is 65.2 Å². The zero-order valence-corrected chi connectivity index (χ0v) is 30.2. The fraction of sp³-hybridized carbons (Fsp3) is 0.538. The Labute approximate surface area is 300 Å². The summed E-state index contributed by atoms with van der Waals surface area (Å²) in [4.78, 5) is 56.3. The standard InChI is InChI=1S/C39H43N3O6S2/c1-3-4-21-6-7-23-15-25-24-11-13-39(34(25)33-31(23)36(21)48-37(33)45)27-8-5-20(2)18-49-50-19-41-28-16-22(12-14-40-28)26(32(24)35(39)38(46)47-27)17-42-29(43)9-10-30(42)44/h8-10,12,16,20,23-26,34,40-41H,3-7,11,13-15,17-19H2,1-2H3. The number of amides is 2. The van der Waals surface area contributed by atoms with E-state index in [1.165, 1.54) is 22.6 Å². The van der Waals surface area contributed by atoms with E-state index in [9.17, 15) is 19.2 Å². The number of ether oxygens (including phenoxy) is 2. The highest BCUT2D eigenvalue weighted by molar-refractivity contribution is 8.76. The van der Waals surface area contributed by atoms with Crippen molar-refractivity contribution in [2.75, 3.05) is 24.7 Å². The molecular formula is C39H43N3O6S2. The number of hydrogen-bond acceptors (Lipinski definition) is 10. The molecule has 11 heteroatoms. The van der Waals surface area contributed by atoms with Gasteiger partial charge in [-0.15, -0.1) is 0 Å². The Kier molecular flexibility index (Phi) is 8.02. The van der Waals surface area contributed by atoms with Gasteiger partial charge >= 0.3 is 11.9 Å². The van der Waals surface area contributed by atoms with Crippen LogP contribution in [0.15, 0.2) is 81.2 Å². The number of carbonyl (C=O) groups excluding carboxylic acids is 4. The van der Waals surface area contributed by atoms with Crippen LogP contribution in [0.25, 0.3) is 0 Å². The van der Waals surface area contributed by atoms with Gasteiger partial charge in [0.2, 0.25) is 0 Å². The van der Waals surface area contributed by atoms with Gasteiger partial charge in [-0.2, -0.15) is 0 Å². The van der Waals surface area contributed by atoms with E-state index in [1.807, 2.05) is 10.8 Å². The van der Waals surface area contributed by atoms with E-state index in [1.54, 1.807) is 10.8 Å². The van der Waals surface area contributed by atoms with Crippen molar-refractivity contribution in [2.24, 2.45) is 40.9 Å². The molecule has 262 valence electrons. The van der Waals surface area contributed by atoms with Gasteiger partial charge in [-0.1, -0.05) is 47.9 Å². The summed E-state index contributed by atoms with van der Waals surface area (Å²) >= 11 is 0. The molecule has 50 heavy (non-hydrogen) atoms. The van der Waals surface area contributed by atoms with E-state index in [0.29, 0.717) is 30.2 Å². The number of fused-ring (bicyclic) bond motifs is 2. The first-order valence-electron chi connectivity index (χ1n) is 18.3. The summed E-state index contributed by atoms with van der Waals surface area (Å²) in [6, 6.07) is 0. The predicted molar refractivity (Wildman–Crippen MR) is 191 cm³/mol. The number of hydrogen-bond donors (Lipinski definition) is 2. The van der Waals surface area contributed by atoms with Crippen LogP contribution in [0.5, 0.6) is 0 Å². The van der Waals surface area contributed by atoms with Gasteiger partial charge in [0.05, 0.1) is 22.7 Å². The first kappa shape index (κ1) is 32.5. The lowest BCUT2D eigenvalue weighted by Gasteiger charge is -2.58. The molecule has 7 atom stereocenters. The number of nitrogens with zero attached hydrogens (tertiary/aromatic N) is 1. The van der Waals surface area contributed by atoms with Gasteiger partial charge in [0.1, 0.15) is 11.5 Å². The first-order chi connectivity index (χ1) is 24.3. The maximum Gasteiger partial charge on any atom is 0.340 e. The molecule has 1 saturated carbocycles. The van der Waals surface area contributed by atoms with Crippen molar-refractivity contribution < 1.29 is 28.7 Å². The number of rotatable bonds is 4. The zero-order valence-electron chi connectivity index (χ0n) is 28.5. The van der Waals surface area contributed by atoms with Gasteiger partial charge in [-0.3, -0.25) is 14.5 Å². The lowest BCUT2D eigenvalue weighted by Crippen LogP contribution is -2.55. The number of imide groups is 1. The summed E-state index contributed by atoms with van der Waals surface area (Å²) in [5, 5.41) is 6.98. The van der Waals surface area contributed by atoms with Crippen molar-refractivity contribution in [1.29, 1.82) is 0 Å². The molecule has 1 saturated heterocycles. The van der Waals surface area contributed by atoms with Crippen LogP contribution in [0.4, 0.5) is 0 Å². The molecule has 2 amide bonds. The largest absolute Gasteiger partial charge is 0.427 e. The Balaban J connectivity index is 1.28. The van der Waals surface area contributed by atoms with Gasteiger partial charge < -0.3 is 20.1 Å². The topological polar surface area (TPSA) is 114 Å². The fourth-order valence-corrected chi connectivity index (χ4v) is 12.9. The summed E-state index contributed by atoms with van der Waals surface area (Å²) in [6.07, 6.45) is 16.1. The molecule has 0 aromatic heterocycles. The normalized spacial score (nSPS) is 36.0. The SMILES string of the molecule is CCCC1=C2OC(=O)C3=C2C(CC1)CC1C2CCC4(C5=CCC(C)CSSCNC6=CC(=CCN6)C(CN6C(=O)C=CC6=O)C2=C4C(=O)O5)C31. The van der Waals surface area contributed by atoms with Gasteiger partial charge in [0, 0.05) is 54.0 Å². The minimum Gasteiger partial charge on any atom is -0.427 e. The Morgan fingerprint density at radius 2 is 1.84 bits per heavy atom. The monoisotopic (exact) mass is 713 g/mol. The second-order valence-electron chi connectivity index (χ2n) is 15.3. The summed E-state index contributed by atoms with van der Waals surface area (Å²) < 4.78 is 12.7. The third kappa shape index (κ3) is 4.81. The highest BCUT2D eigenvalue weighted by Gasteiger charge is 2.70. The molecule has 7 bridgehead atoms. The van der Waals surface area contributed by atoms with Crippen molar-refractivity contribution in [1.82, 2.24) is 15.5 Å². The molecule has 0 aromatic carbocycles. The molecule has 0 aromatic rings. The van der Waals surface area contributed by atoms with Gasteiger partial charge in [-0.05, 0) is 97.5 Å². The molecule has 10 rings (SSSR count). The Bertz CT molecular complexity index is 1820. The molecule has 10 aliphatic rings. The Hall–Kier alpha value is -3.44. The summed E-state index contributed by atoms with van der Waals surface area (Å²) in [5.74, 6) is 2.85. The van der Waals surface area contributed by atoms with E-state index in [0.717, 1.165) is 90.4 Å². The van der Waals surface area contributed by atoms with Gasteiger partial charge in [0.15, 0.2) is 0 Å². The van der Waals surface area contributed by atoms with Crippen molar-refractivity contribution in [2.45, 2.75) is 65.2 Å².